The van der Waals surface area contributed by atoms with Crippen molar-refractivity contribution in [1.29, 1.82) is 0 Å². The van der Waals surface area contributed by atoms with Gasteiger partial charge in [-0.25, -0.2) is 17.9 Å². The lowest BCUT2D eigenvalue weighted by molar-refractivity contribution is -0.120. The van der Waals surface area contributed by atoms with Gasteiger partial charge in [-0.3, -0.25) is 10.1 Å². The van der Waals surface area contributed by atoms with E-state index in [0.717, 1.165) is 5.56 Å². The molecule has 2 aromatic carbocycles. The molecule has 3 amide bonds. The van der Waals surface area contributed by atoms with E-state index >= 15 is 0 Å². The fraction of sp³-hybridized carbons (Fsp3) is 0.125. The number of imide groups is 1. The Labute approximate surface area is 149 Å². The van der Waals surface area contributed by atoms with E-state index in [1.165, 1.54) is 18.2 Å². The van der Waals surface area contributed by atoms with Crippen LogP contribution in [0, 0.1) is 0 Å². The van der Waals surface area contributed by atoms with Gasteiger partial charge in [-0.1, -0.05) is 41.9 Å². The number of hydrogen-bond acceptors (Lipinski definition) is 4. The molecule has 0 saturated carbocycles. The first kappa shape index (κ1) is 17.4. The molecule has 0 aromatic heterocycles. The second-order valence-corrected chi connectivity index (χ2v) is 7.56. The summed E-state index contributed by atoms with van der Waals surface area (Å²) in [6, 6.07) is 11.3. The molecule has 0 spiro atoms. The van der Waals surface area contributed by atoms with Crippen LogP contribution in [0.2, 0.25) is 5.02 Å². The Bertz CT molecular complexity index is 932. The van der Waals surface area contributed by atoms with E-state index in [1.54, 1.807) is 24.3 Å². The lowest BCUT2D eigenvalue weighted by Crippen LogP contribution is -2.28. The number of sulfonamides is 1. The summed E-state index contributed by atoms with van der Waals surface area (Å²) in [5.74, 6) is -0.633. The number of carbonyl (C=O) groups is 2. The van der Waals surface area contributed by atoms with Crippen LogP contribution in [0.3, 0.4) is 0 Å². The number of halogens is 1. The second-order valence-electron chi connectivity index (χ2n) is 5.39. The summed E-state index contributed by atoms with van der Waals surface area (Å²) in [6.45, 7) is 0.0917. The fourth-order valence-corrected chi connectivity index (χ4v) is 3.90. The van der Waals surface area contributed by atoms with E-state index in [2.05, 4.69) is 15.4 Å². The zero-order valence-corrected chi connectivity index (χ0v) is 14.4. The van der Waals surface area contributed by atoms with Gasteiger partial charge >= 0.3 is 6.03 Å². The number of rotatable bonds is 5. The highest BCUT2D eigenvalue weighted by molar-refractivity contribution is 7.89. The largest absolute Gasteiger partial charge is 0.322 e. The predicted molar refractivity (Wildman–Crippen MR) is 91.3 cm³/mol. The summed E-state index contributed by atoms with van der Waals surface area (Å²) in [7, 11) is -3.92. The van der Waals surface area contributed by atoms with Crippen molar-refractivity contribution in [2.45, 2.75) is 17.5 Å². The molecule has 9 heteroatoms. The van der Waals surface area contributed by atoms with E-state index in [0.29, 0.717) is 0 Å². The van der Waals surface area contributed by atoms with E-state index in [-0.39, 0.29) is 22.0 Å². The highest BCUT2D eigenvalue weighted by atomic mass is 35.5. The molecule has 1 fully saturated rings. The highest BCUT2D eigenvalue weighted by Crippen LogP contribution is 2.28. The molecule has 1 aliphatic rings. The van der Waals surface area contributed by atoms with Crippen molar-refractivity contribution in [2.75, 3.05) is 0 Å². The van der Waals surface area contributed by atoms with Crippen molar-refractivity contribution < 1.29 is 18.0 Å². The first-order valence-electron chi connectivity index (χ1n) is 7.31. The van der Waals surface area contributed by atoms with Gasteiger partial charge in [0, 0.05) is 17.1 Å². The molecule has 130 valence electrons. The summed E-state index contributed by atoms with van der Waals surface area (Å²) in [6.07, 6.45) is 0. The van der Waals surface area contributed by atoms with Gasteiger partial charge in [-0.05, 0) is 23.8 Å². The number of carbonyl (C=O) groups excluding carboxylic acids is 2. The molecule has 2 aromatic rings. The zero-order chi connectivity index (χ0) is 18.0. The molecule has 1 aliphatic heterocycles. The zero-order valence-electron chi connectivity index (χ0n) is 12.8. The number of hydrogen-bond donors (Lipinski definition) is 3. The number of amides is 3. The van der Waals surface area contributed by atoms with Gasteiger partial charge in [0.2, 0.25) is 10.0 Å². The predicted octanol–water partition coefficient (Wildman–Crippen LogP) is 1.70. The summed E-state index contributed by atoms with van der Waals surface area (Å²) < 4.78 is 27.9. The van der Waals surface area contributed by atoms with E-state index in [9.17, 15) is 18.0 Å². The smallest absolute Gasteiger partial charge is 0.322 e. The Balaban J connectivity index is 1.93. The number of nitrogens with one attached hydrogen (secondary N) is 3. The molecule has 1 atom stereocenters. The Morgan fingerprint density at radius 1 is 1.08 bits per heavy atom. The molecule has 1 unspecified atom stereocenters. The van der Waals surface area contributed by atoms with Crippen LogP contribution in [0.5, 0.6) is 0 Å². The normalized spacial score (nSPS) is 17.2. The number of benzene rings is 2. The van der Waals surface area contributed by atoms with Crippen molar-refractivity contribution in [1.82, 2.24) is 15.4 Å². The van der Waals surface area contributed by atoms with E-state index in [1.807, 2.05) is 6.07 Å². The Morgan fingerprint density at radius 3 is 2.44 bits per heavy atom. The molecule has 1 heterocycles. The van der Waals surface area contributed by atoms with Gasteiger partial charge < -0.3 is 5.32 Å². The molecular weight excluding hydrogens is 366 g/mol. The van der Waals surface area contributed by atoms with Gasteiger partial charge in [0.05, 0.1) is 4.90 Å². The third-order valence-electron chi connectivity index (χ3n) is 3.66. The minimum Gasteiger partial charge on any atom is -0.322 e. The van der Waals surface area contributed by atoms with E-state index < -0.39 is 28.0 Å². The monoisotopic (exact) mass is 379 g/mol. The van der Waals surface area contributed by atoms with Gasteiger partial charge in [0.25, 0.3) is 5.91 Å². The van der Waals surface area contributed by atoms with Crippen LogP contribution in [0.1, 0.15) is 17.2 Å². The first-order valence-corrected chi connectivity index (χ1v) is 9.17. The number of urea groups is 1. The Morgan fingerprint density at radius 2 is 1.80 bits per heavy atom. The lowest BCUT2D eigenvalue weighted by Gasteiger charge is -2.15. The molecule has 0 aliphatic carbocycles. The topological polar surface area (TPSA) is 104 Å². The summed E-state index contributed by atoms with van der Waals surface area (Å²) in [5, 5.41) is 4.71. The van der Waals surface area contributed by atoms with Crippen molar-refractivity contribution in [3.63, 3.8) is 0 Å². The van der Waals surface area contributed by atoms with Crippen molar-refractivity contribution in [2.24, 2.45) is 0 Å². The van der Waals surface area contributed by atoms with Crippen LogP contribution in [0.15, 0.2) is 53.4 Å². The van der Waals surface area contributed by atoms with Gasteiger partial charge in [-0.15, -0.1) is 0 Å². The SMILES string of the molecule is O=C1NC(=O)C(c2cc(Cl)ccc2S(=O)(=O)NCc2ccccc2)N1. The van der Waals surface area contributed by atoms with Crippen LogP contribution >= 0.6 is 11.6 Å². The maximum atomic E-state index is 12.7. The average molecular weight is 380 g/mol. The molecule has 25 heavy (non-hydrogen) atoms. The van der Waals surface area contributed by atoms with Gasteiger partial charge in [0.15, 0.2) is 0 Å². The molecule has 3 N–H and O–H groups in total. The van der Waals surface area contributed by atoms with Crippen molar-refractivity contribution >= 4 is 33.6 Å². The third-order valence-corrected chi connectivity index (χ3v) is 5.37. The van der Waals surface area contributed by atoms with Crippen LogP contribution in [-0.2, 0) is 21.4 Å². The van der Waals surface area contributed by atoms with Crippen molar-refractivity contribution in [3.8, 4) is 0 Å². The summed E-state index contributed by atoms with van der Waals surface area (Å²) in [4.78, 5) is 23.1. The summed E-state index contributed by atoms with van der Waals surface area (Å²) in [5.41, 5.74) is 0.893. The van der Waals surface area contributed by atoms with Gasteiger partial charge in [0.1, 0.15) is 6.04 Å². The first-order chi connectivity index (χ1) is 11.9. The summed E-state index contributed by atoms with van der Waals surface area (Å²) >= 11 is 5.94. The van der Waals surface area contributed by atoms with Crippen molar-refractivity contribution in [3.05, 3.63) is 64.7 Å². The van der Waals surface area contributed by atoms with Crippen LogP contribution in [0.25, 0.3) is 0 Å². The lowest BCUT2D eigenvalue weighted by atomic mass is 10.1. The quantitative estimate of drug-likeness (QED) is 0.687. The highest BCUT2D eigenvalue weighted by Gasteiger charge is 2.35. The Hall–Kier alpha value is -2.42. The van der Waals surface area contributed by atoms with Crippen LogP contribution < -0.4 is 15.4 Å². The van der Waals surface area contributed by atoms with Gasteiger partial charge in [-0.2, -0.15) is 0 Å². The average Bonchev–Trinajstić information content (AvgIpc) is 2.92. The third kappa shape index (κ3) is 3.81. The molecule has 3 rings (SSSR count). The van der Waals surface area contributed by atoms with Crippen LogP contribution in [0.4, 0.5) is 4.79 Å². The van der Waals surface area contributed by atoms with Crippen LogP contribution in [-0.4, -0.2) is 20.4 Å². The fourth-order valence-electron chi connectivity index (χ4n) is 2.48. The van der Waals surface area contributed by atoms with E-state index in [4.69, 9.17) is 11.6 Å². The Kier molecular flexibility index (Phi) is 4.76. The molecule has 0 radical (unpaired) electrons. The maximum absolute atomic E-state index is 12.7. The minimum atomic E-state index is -3.92. The molecule has 0 bridgehead atoms. The molecule has 7 nitrogen and oxygen atoms in total. The maximum Gasteiger partial charge on any atom is 0.322 e. The standard InChI is InChI=1S/C16H14ClN3O4S/c17-11-6-7-13(12(8-11)14-15(21)20-16(22)19-14)25(23,24)18-9-10-4-2-1-3-5-10/h1-8,14,18H,9H2,(H2,19,20,21,22). The minimum absolute atomic E-state index is 0.0917. The molecule has 1 saturated heterocycles. The molecular formula is C16H14ClN3O4S. The second kappa shape index (κ2) is 6.83.